The highest BCUT2D eigenvalue weighted by Gasteiger charge is 2.41. The predicted molar refractivity (Wildman–Crippen MR) is 330 cm³/mol. The molecule has 0 amide bonds. The Balaban J connectivity index is 0.877. The average molecular weight is 1020 g/mol. The van der Waals surface area contributed by atoms with Crippen molar-refractivity contribution in [1.82, 2.24) is 28.7 Å². The van der Waals surface area contributed by atoms with Gasteiger partial charge in [-0.25, -0.2) is 15.0 Å². The summed E-state index contributed by atoms with van der Waals surface area (Å²) in [6, 6.07) is 96.3. The standard InChI is InChI=1S/C74H50N6/c1-74(2)63-32-17-15-31-58(63)70-69(74)62-45-61-60-44-52(51-36-40-65-59(43-51)57-30-16-18-33-64(57)78(65)54-26-11-5-12-27-54)37-41-66(60)79(67(61)46-68(62)80(70)55-28-13-6-14-29-55)56-38-34-47(35-39-56)50-24-19-25-53(42-50)73-76-71(48-20-7-3-8-21-48)75-72(77-73)49-22-9-4-10-23-49/h3-46H,1-2H3. The summed E-state index contributed by atoms with van der Waals surface area (Å²) in [4.78, 5) is 15.1. The summed E-state index contributed by atoms with van der Waals surface area (Å²) in [6.07, 6.45) is 0. The number of para-hydroxylation sites is 3. The Morgan fingerprint density at radius 3 is 1.36 bits per heavy atom. The van der Waals surface area contributed by atoms with Crippen LogP contribution in [0.25, 0.3) is 139 Å². The van der Waals surface area contributed by atoms with Gasteiger partial charge in [0.05, 0.1) is 33.3 Å². The van der Waals surface area contributed by atoms with Gasteiger partial charge in [-0.05, 0) is 118 Å². The molecule has 0 N–H and O–H groups in total. The van der Waals surface area contributed by atoms with E-state index in [4.69, 9.17) is 15.0 Å². The van der Waals surface area contributed by atoms with E-state index >= 15 is 0 Å². The van der Waals surface area contributed by atoms with Gasteiger partial charge in [-0.15, -0.1) is 0 Å². The first-order chi connectivity index (χ1) is 39.4. The summed E-state index contributed by atoms with van der Waals surface area (Å²) in [5, 5.41) is 6.18. The van der Waals surface area contributed by atoms with Gasteiger partial charge in [0.15, 0.2) is 17.5 Å². The molecule has 6 heteroatoms. The Kier molecular flexibility index (Phi) is 10.2. The van der Waals surface area contributed by atoms with Crippen LogP contribution in [0.1, 0.15) is 25.0 Å². The van der Waals surface area contributed by atoms with Crippen molar-refractivity contribution in [3.63, 3.8) is 0 Å². The van der Waals surface area contributed by atoms with Gasteiger partial charge in [0.2, 0.25) is 0 Å². The summed E-state index contributed by atoms with van der Waals surface area (Å²) in [7, 11) is 0. The molecular formula is C74H50N6. The van der Waals surface area contributed by atoms with Crippen molar-refractivity contribution in [3.05, 3.63) is 278 Å². The first kappa shape index (κ1) is 45.7. The molecule has 16 rings (SSSR count). The number of hydrogen-bond donors (Lipinski definition) is 0. The third-order valence-electron chi connectivity index (χ3n) is 16.6. The molecule has 4 heterocycles. The fourth-order valence-corrected chi connectivity index (χ4v) is 12.9. The number of rotatable bonds is 8. The van der Waals surface area contributed by atoms with Crippen molar-refractivity contribution < 1.29 is 0 Å². The largest absolute Gasteiger partial charge is 0.309 e. The van der Waals surface area contributed by atoms with Crippen molar-refractivity contribution in [2.45, 2.75) is 19.3 Å². The molecule has 0 bridgehead atoms. The molecule has 6 nitrogen and oxygen atoms in total. The zero-order valence-electron chi connectivity index (χ0n) is 44.1. The minimum absolute atomic E-state index is 0.221. The highest BCUT2D eigenvalue weighted by atomic mass is 15.0. The van der Waals surface area contributed by atoms with Gasteiger partial charge in [-0.3, -0.25) is 0 Å². The zero-order valence-corrected chi connectivity index (χ0v) is 44.1. The van der Waals surface area contributed by atoms with Crippen LogP contribution in [-0.2, 0) is 5.41 Å². The average Bonchev–Trinajstić information content (AvgIpc) is 4.35. The lowest BCUT2D eigenvalue weighted by Crippen LogP contribution is -2.14. The molecule has 80 heavy (non-hydrogen) atoms. The van der Waals surface area contributed by atoms with E-state index in [1.165, 1.54) is 77.0 Å². The van der Waals surface area contributed by atoms with Crippen molar-refractivity contribution in [2.24, 2.45) is 0 Å². The molecule has 0 unspecified atom stereocenters. The molecule has 1 aliphatic rings. The van der Waals surface area contributed by atoms with Crippen molar-refractivity contribution in [2.75, 3.05) is 0 Å². The molecule has 0 aliphatic heterocycles. The number of nitrogens with zero attached hydrogens (tertiary/aromatic N) is 6. The lowest BCUT2D eigenvalue weighted by atomic mass is 9.81. The molecule has 4 aromatic heterocycles. The smallest absolute Gasteiger partial charge is 0.164 e. The Hall–Kier alpha value is -10.4. The van der Waals surface area contributed by atoms with Crippen LogP contribution in [-0.4, -0.2) is 28.7 Å². The van der Waals surface area contributed by atoms with Crippen LogP contribution >= 0.6 is 0 Å². The minimum atomic E-state index is -0.221. The van der Waals surface area contributed by atoms with Gasteiger partial charge in [0.1, 0.15) is 0 Å². The van der Waals surface area contributed by atoms with Gasteiger partial charge >= 0.3 is 0 Å². The Bertz CT molecular complexity index is 4880. The molecule has 15 aromatic rings. The fourth-order valence-electron chi connectivity index (χ4n) is 12.9. The molecule has 376 valence electrons. The van der Waals surface area contributed by atoms with E-state index in [9.17, 15) is 0 Å². The number of aromatic nitrogens is 6. The lowest BCUT2D eigenvalue weighted by Gasteiger charge is -2.21. The Morgan fingerprint density at radius 1 is 0.275 bits per heavy atom. The van der Waals surface area contributed by atoms with Gasteiger partial charge in [-0.1, -0.05) is 196 Å². The molecule has 0 atom stereocenters. The van der Waals surface area contributed by atoms with Crippen LogP contribution in [0.5, 0.6) is 0 Å². The van der Waals surface area contributed by atoms with Crippen molar-refractivity contribution >= 4 is 54.5 Å². The summed E-state index contributed by atoms with van der Waals surface area (Å²) in [5.41, 5.74) is 21.7. The maximum Gasteiger partial charge on any atom is 0.164 e. The van der Waals surface area contributed by atoms with E-state index in [1.807, 2.05) is 60.7 Å². The van der Waals surface area contributed by atoms with Gasteiger partial charge in [-0.2, -0.15) is 0 Å². The van der Waals surface area contributed by atoms with E-state index < -0.39 is 0 Å². The van der Waals surface area contributed by atoms with Crippen LogP contribution in [0.4, 0.5) is 0 Å². The summed E-state index contributed by atoms with van der Waals surface area (Å²) in [5.74, 6) is 1.91. The number of hydrogen-bond acceptors (Lipinski definition) is 3. The predicted octanol–water partition coefficient (Wildman–Crippen LogP) is 18.7. The number of benzene rings is 11. The van der Waals surface area contributed by atoms with Crippen LogP contribution in [0.2, 0.25) is 0 Å². The topological polar surface area (TPSA) is 53.5 Å². The van der Waals surface area contributed by atoms with E-state index in [1.54, 1.807) is 0 Å². The van der Waals surface area contributed by atoms with Crippen molar-refractivity contribution in [3.8, 4) is 84.7 Å². The maximum absolute atomic E-state index is 5.06. The molecular weight excluding hydrogens is 973 g/mol. The second-order valence-corrected chi connectivity index (χ2v) is 21.6. The summed E-state index contributed by atoms with van der Waals surface area (Å²) < 4.78 is 7.37. The normalized spacial score (nSPS) is 12.7. The van der Waals surface area contributed by atoms with Crippen LogP contribution in [0, 0.1) is 0 Å². The zero-order chi connectivity index (χ0) is 53.1. The molecule has 0 fully saturated rings. The monoisotopic (exact) mass is 1020 g/mol. The van der Waals surface area contributed by atoms with E-state index in [-0.39, 0.29) is 5.41 Å². The van der Waals surface area contributed by atoms with Gasteiger partial charge in [0, 0.05) is 71.7 Å². The second-order valence-electron chi connectivity index (χ2n) is 21.6. The van der Waals surface area contributed by atoms with Crippen LogP contribution in [0.3, 0.4) is 0 Å². The first-order valence-corrected chi connectivity index (χ1v) is 27.4. The fraction of sp³-hybridized carbons (Fsp3) is 0.0405. The minimum Gasteiger partial charge on any atom is -0.309 e. The summed E-state index contributed by atoms with van der Waals surface area (Å²) in [6.45, 7) is 4.79. The quantitative estimate of drug-likeness (QED) is 0.152. The summed E-state index contributed by atoms with van der Waals surface area (Å²) >= 11 is 0. The molecule has 0 radical (unpaired) electrons. The van der Waals surface area contributed by atoms with E-state index in [0.717, 1.165) is 55.9 Å². The highest BCUT2D eigenvalue weighted by Crippen LogP contribution is 2.55. The maximum atomic E-state index is 5.06. The second kappa shape index (κ2) is 17.8. The SMILES string of the molecule is CC1(C)c2ccccc2-c2c1c1cc3c4cc(-c5ccc6c(c5)c5ccccc5n6-c5ccccc5)ccc4n(-c4ccc(-c5cccc(-c6nc(-c7ccccc7)nc(-c7ccccc7)n6)c5)cc4)c3cc1n2-c1ccccc1. The number of fused-ring (bicyclic) bond motifs is 11. The van der Waals surface area contributed by atoms with Gasteiger partial charge < -0.3 is 13.7 Å². The first-order valence-electron chi connectivity index (χ1n) is 27.4. The van der Waals surface area contributed by atoms with E-state index in [2.05, 4.69) is 234 Å². The van der Waals surface area contributed by atoms with Gasteiger partial charge in [0.25, 0.3) is 0 Å². The van der Waals surface area contributed by atoms with Crippen LogP contribution < -0.4 is 0 Å². The lowest BCUT2D eigenvalue weighted by molar-refractivity contribution is 0.666. The molecule has 11 aromatic carbocycles. The third kappa shape index (κ3) is 7.09. The molecule has 0 saturated heterocycles. The Morgan fingerprint density at radius 2 is 0.713 bits per heavy atom. The van der Waals surface area contributed by atoms with E-state index in [0.29, 0.717) is 17.5 Å². The Labute approximate surface area is 462 Å². The third-order valence-corrected chi connectivity index (χ3v) is 16.6. The molecule has 0 spiro atoms. The molecule has 1 aliphatic carbocycles. The van der Waals surface area contributed by atoms with Crippen LogP contribution in [0.15, 0.2) is 267 Å². The highest BCUT2D eigenvalue weighted by molar-refractivity contribution is 6.17. The van der Waals surface area contributed by atoms with Crippen molar-refractivity contribution in [1.29, 1.82) is 0 Å². The molecule has 0 saturated carbocycles.